The van der Waals surface area contributed by atoms with Crippen molar-refractivity contribution in [2.45, 2.75) is 6.92 Å². The second kappa shape index (κ2) is 3.09. The summed E-state index contributed by atoms with van der Waals surface area (Å²) >= 11 is 11.0. The second-order valence-corrected chi connectivity index (χ2v) is 3.68. The summed E-state index contributed by atoms with van der Waals surface area (Å²) in [5.74, 6) is 0. The van der Waals surface area contributed by atoms with Crippen LogP contribution in [0, 0.1) is 11.6 Å². The third-order valence-electron chi connectivity index (χ3n) is 1.92. The maximum atomic E-state index is 5.90. The fourth-order valence-electron chi connectivity index (χ4n) is 1.37. The Morgan fingerprint density at radius 1 is 1.46 bits per heavy atom. The monoisotopic (exact) mass is 210 g/mol. The van der Waals surface area contributed by atoms with Gasteiger partial charge in [0.25, 0.3) is 0 Å². The molecule has 4 heteroatoms. The number of nitrogens with one attached hydrogen (secondary N) is 1. The second-order valence-electron chi connectivity index (χ2n) is 2.85. The van der Waals surface area contributed by atoms with E-state index in [9.17, 15) is 0 Å². The molecule has 1 N–H and O–H groups in total. The average Bonchev–Trinajstić information content (AvgIpc) is 2.02. The molecule has 13 heavy (non-hydrogen) atoms. The van der Waals surface area contributed by atoms with Crippen LogP contribution in [0.4, 0.5) is 0 Å². The van der Waals surface area contributed by atoms with Crippen molar-refractivity contribution in [2.75, 3.05) is 0 Å². The van der Waals surface area contributed by atoms with Gasteiger partial charge in [0.15, 0.2) is 0 Å². The molecule has 0 radical (unpaired) electrons. The highest BCUT2D eigenvalue weighted by molar-refractivity contribution is 7.71. The van der Waals surface area contributed by atoms with E-state index in [-0.39, 0.29) is 0 Å². The van der Waals surface area contributed by atoms with Gasteiger partial charge in [0.2, 0.25) is 0 Å². The minimum atomic E-state index is 0.614. The minimum Gasteiger partial charge on any atom is -0.346 e. The predicted molar refractivity (Wildman–Crippen MR) is 56.7 cm³/mol. The highest BCUT2D eigenvalue weighted by Crippen LogP contribution is 2.21. The smallest absolute Gasteiger partial charge is 0.137 e. The van der Waals surface area contributed by atoms with Gasteiger partial charge in [-0.3, -0.25) is 0 Å². The SMILES string of the molecule is Cc1cc(Cl)cc2[nH]cnc(=S)c12. The van der Waals surface area contributed by atoms with Crippen LogP contribution in [0.2, 0.25) is 5.02 Å². The molecule has 0 fully saturated rings. The molecule has 0 saturated heterocycles. The number of aromatic amines is 1. The van der Waals surface area contributed by atoms with Crippen LogP contribution in [0.3, 0.4) is 0 Å². The van der Waals surface area contributed by atoms with Gasteiger partial charge in [-0.15, -0.1) is 0 Å². The van der Waals surface area contributed by atoms with E-state index in [1.54, 1.807) is 6.33 Å². The molecule has 0 saturated carbocycles. The van der Waals surface area contributed by atoms with Gasteiger partial charge in [-0.2, -0.15) is 0 Å². The molecule has 0 atom stereocenters. The van der Waals surface area contributed by atoms with E-state index < -0.39 is 0 Å². The van der Waals surface area contributed by atoms with Crippen LogP contribution in [0.15, 0.2) is 18.5 Å². The number of aromatic nitrogens is 2. The number of H-pyrrole nitrogens is 1. The van der Waals surface area contributed by atoms with Crippen molar-refractivity contribution in [3.63, 3.8) is 0 Å². The summed E-state index contributed by atoms with van der Waals surface area (Å²) in [6.45, 7) is 1.97. The normalized spacial score (nSPS) is 10.6. The van der Waals surface area contributed by atoms with Crippen molar-refractivity contribution in [2.24, 2.45) is 0 Å². The zero-order chi connectivity index (χ0) is 9.42. The number of hydrogen-bond acceptors (Lipinski definition) is 2. The van der Waals surface area contributed by atoms with Crippen molar-refractivity contribution in [3.05, 3.63) is 33.7 Å². The molecule has 0 aliphatic rings. The van der Waals surface area contributed by atoms with Gasteiger partial charge >= 0.3 is 0 Å². The van der Waals surface area contributed by atoms with Crippen molar-refractivity contribution in [3.8, 4) is 0 Å². The Morgan fingerprint density at radius 2 is 2.23 bits per heavy atom. The van der Waals surface area contributed by atoms with Crippen molar-refractivity contribution < 1.29 is 0 Å². The van der Waals surface area contributed by atoms with Crippen LogP contribution in [-0.4, -0.2) is 9.97 Å². The Bertz CT molecular complexity index is 518. The summed E-state index contributed by atoms with van der Waals surface area (Å²) in [5.41, 5.74) is 1.99. The maximum absolute atomic E-state index is 5.90. The van der Waals surface area contributed by atoms with Crippen molar-refractivity contribution in [1.29, 1.82) is 0 Å². The molecule has 0 amide bonds. The van der Waals surface area contributed by atoms with E-state index in [2.05, 4.69) is 9.97 Å². The van der Waals surface area contributed by atoms with Gasteiger partial charge in [0.1, 0.15) is 4.64 Å². The largest absolute Gasteiger partial charge is 0.346 e. The first-order chi connectivity index (χ1) is 6.18. The van der Waals surface area contributed by atoms with Gasteiger partial charge in [0.05, 0.1) is 11.8 Å². The Morgan fingerprint density at radius 3 is 3.00 bits per heavy atom. The zero-order valence-electron chi connectivity index (χ0n) is 6.97. The van der Waals surface area contributed by atoms with Crippen LogP contribution >= 0.6 is 23.8 Å². The fraction of sp³-hybridized carbons (Fsp3) is 0.111. The summed E-state index contributed by atoms with van der Waals surface area (Å²) in [6.07, 6.45) is 1.58. The highest BCUT2D eigenvalue weighted by Gasteiger charge is 2.01. The lowest BCUT2D eigenvalue weighted by atomic mass is 10.1. The molecule has 0 bridgehead atoms. The number of rotatable bonds is 0. The lowest BCUT2D eigenvalue weighted by Crippen LogP contribution is -1.86. The molecule has 0 aliphatic heterocycles. The summed E-state index contributed by atoms with van der Waals surface area (Å²) in [4.78, 5) is 7.03. The number of aryl methyl sites for hydroxylation is 1. The Labute approximate surface area is 85.6 Å². The molecule has 0 unspecified atom stereocenters. The van der Waals surface area contributed by atoms with Crippen LogP contribution in [-0.2, 0) is 0 Å². The molecule has 1 heterocycles. The van der Waals surface area contributed by atoms with E-state index in [4.69, 9.17) is 23.8 Å². The lowest BCUT2D eigenvalue weighted by Gasteiger charge is -2.01. The highest BCUT2D eigenvalue weighted by atomic mass is 35.5. The van der Waals surface area contributed by atoms with E-state index in [0.717, 1.165) is 16.5 Å². The molecule has 2 nitrogen and oxygen atoms in total. The minimum absolute atomic E-state index is 0.614. The van der Waals surface area contributed by atoms with E-state index >= 15 is 0 Å². The first-order valence-corrected chi connectivity index (χ1v) is 4.60. The standard InChI is InChI=1S/C9H7ClN2S/c1-5-2-6(10)3-7-8(5)9(13)12-4-11-7/h2-4H,1H3,(H,11,12,13). The average molecular weight is 211 g/mol. The Kier molecular flexibility index (Phi) is 2.06. The molecule has 2 rings (SSSR count). The Hall–Kier alpha value is -0.930. The fourth-order valence-corrected chi connectivity index (χ4v) is 1.96. The van der Waals surface area contributed by atoms with Crippen LogP contribution in [0.5, 0.6) is 0 Å². The number of halogens is 1. The zero-order valence-corrected chi connectivity index (χ0v) is 8.54. The summed E-state index contributed by atoms with van der Waals surface area (Å²) < 4.78 is 0.614. The first kappa shape index (κ1) is 8.66. The maximum Gasteiger partial charge on any atom is 0.137 e. The van der Waals surface area contributed by atoms with E-state index in [0.29, 0.717) is 9.66 Å². The summed E-state index contributed by atoms with van der Waals surface area (Å²) in [5, 5.41) is 1.68. The van der Waals surface area contributed by atoms with Crippen LogP contribution in [0.25, 0.3) is 10.9 Å². The van der Waals surface area contributed by atoms with Gasteiger partial charge in [-0.25, -0.2) is 4.98 Å². The number of benzene rings is 1. The van der Waals surface area contributed by atoms with Crippen LogP contribution < -0.4 is 0 Å². The number of hydrogen-bond donors (Lipinski definition) is 1. The molecule has 1 aromatic carbocycles. The molecular formula is C9H7ClN2S. The molecule has 2 aromatic rings. The van der Waals surface area contributed by atoms with Crippen molar-refractivity contribution >= 4 is 34.7 Å². The lowest BCUT2D eigenvalue weighted by molar-refractivity contribution is 1.20. The van der Waals surface area contributed by atoms with Gasteiger partial charge in [0, 0.05) is 10.4 Å². The summed E-state index contributed by atoms with van der Waals surface area (Å²) in [7, 11) is 0. The molecular weight excluding hydrogens is 204 g/mol. The third-order valence-corrected chi connectivity index (χ3v) is 2.44. The van der Waals surface area contributed by atoms with Gasteiger partial charge in [-0.05, 0) is 24.6 Å². The van der Waals surface area contributed by atoms with Crippen LogP contribution in [0.1, 0.15) is 5.56 Å². The van der Waals surface area contributed by atoms with E-state index in [1.807, 2.05) is 19.1 Å². The van der Waals surface area contributed by atoms with E-state index in [1.165, 1.54) is 0 Å². The molecule has 0 aliphatic carbocycles. The summed E-state index contributed by atoms with van der Waals surface area (Å²) in [6, 6.07) is 3.73. The molecule has 1 aromatic heterocycles. The quantitative estimate of drug-likeness (QED) is 0.677. The van der Waals surface area contributed by atoms with Gasteiger partial charge in [-0.1, -0.05) is 23.8 Å². The van der Waals surface area contributed by atoms with Gasteiger partial charge < -0.3 is 4.98 Å². The first-order valence-electron chi connectivity index (χ1n) is 3.82. The topological polar surface area (TPSA) is 28.7 Å². The third kappa shape index (κ3) is 1.45. The number of fused-ring (bicyclic) bond motifs is 1. The molecule has 66 valence electrons. The van der Waals surface area contributed by atoms with Crippen molar-refractivity contribution in [1.82, 2.24) is 9.97 Å². The predicted octanol–water partition coefficient (Wildman–Crippen LogP) is 3.25. The number of nitrogens with zero attached hydrogens (tertiary/aromatic N) is 1. The Balaban J connectivity index is 3.03. The molecule has 0 spiro atoms.